The third kappa shape index (κ3) is 1.47. The van der Waals surface area contributed by atoms with Crippen molar-refractivity contribution in [3.8, 4) is 11.5 Å². The molecule has 0 heterocycles. The van der Waals surface area contributed by atoms with Crippen molar-refractivity contribution in [1.29, 1.82) is 0 Å². The molecule has 0 radical (unpaired) electrons. The second-order valence-corrected chi connectivity index (χ2v) is 3.70. The van der Waals surface area contributed by atoms with Crippen molar-refractivity contribution in [2.24, 2.45) is 0 Å². The van der Waals surface area contributed by atoms with Crippen LogP contribution >= 0.6 is 0 Å². The fourth-order valence-electron chi connectivity index (χ4n) is 1.83. The molecule has 1 aliphatic carbocycles. The van der Waals surface area contributed by atoms with Crippen LogP contribution in [0.15, 0.2) is 17.9 Å². The molecule has 88 valence electrons. The van der Waals surface area contributed by atoms with Gasteiger partial charge in [0.05, 0.1) is 7.11 Å². The first-order chi connectivity index (χ1) is 7.97. The molecule has 0 atom stereocenters. The molecule has 0 bridgehead atoms. The number of hydrogen-bond donors (Lipinski definition) is 2. The van der Waals surface area contributed by atoms with Gasteiger partial charge in [-0.3, -0.25) is 9.59 Å². The normalized spacial score (nSPS) is 14.4. The Hall–Kier alpha value is -2.30. The number of benzene rings is 1. The molecule has 0 unspecified atom stereocenters. The van der Waals surface area contributed by atoms with E-state index in [2.05, 4.69) is 0 Å². The van der Waals surface area contributed by atoms with Crippen LogP contribution in [0.4, 0.5) is 0 Å². The van der Waals surface area contributed by atoms with Gasteiger partial charge in [0.2, 0.25) is 5.78 Å². The van der Waals surface area contributed by atoms with E-state index in [1.807, 2.05) is 0 Å². The molecule has 1 aromatic rings. The minimum Gasteiger partial charge on any atom is -0.504 e. The highest BCUT2D eigenvalue weighted by atomic mass is 16.5. The van der Waals surface area contributed by atoms with E-state index in [1.54, 1.807) is 0 Å². The van der Waals surface area contributed by atoms with Gasteiger partial charge in [-0.05, 0) is 13.0 Å². The lowest BCUT2D eigenvalue weighted by molar-refractivity contribution is 0.0915. The molecule has 0 aromatic heterocycles. The molecule has 5 heteroatoms. The third-order valence-corrected chi connectivity index (χ3v) is 2.72. The Morgan fingerprint density at radius 2 is 1.88 bits per heavy atom. The second-order valence-electron chi connectivity index (χ2n) is 3.70. The molecule has 1 aromatic carbocycles. The molecule has 2 rings (SSSR count). The van der Waals surface area contributed by atoms with Crippen LogP contribution in [0.1, 0.15) is 26.3 Å². The average molecular weight is 234 g/mol. The van der Waals surface area contributed by atoms with E-state index >= 15 is 0 Å². The van der Waals surface area contributed by atoms with E-state index in [-0.39, 0.29) is 28.2 Å². The monoisotopic (exact) mass is 234 g/mol. The predicted molar refractivity (Wildman–Crippen MR) is 58.3 cm³/mol. The SMILES string of the molecule is COC1=CC(=O)c2c(cc(O)c(O)c2C)C1=O. The third-order valence-electron chi connectivity index (χ3n) is 2.72. The number of allylic oxidation sites excluding steroid dienone is 2. The largest absolute Gasteiger partial charge is 0.504 e. The highest BCUT2D eigenvalue weighted by molar-refractivity contribution is 6.24. The van der Waals surface area contributed by atoms with Gasteiger partial charge in [0.15, 0.2) is 23.0 Å². The van der Waals surface area contributed by atoms with Crippen LogP contribution in [0.25, 0.3) is 0 Å². The zero-order valence-electron chi connectivity index (χ0n) is 9.27. The van der Waals surface area contributed by atoms with Gasteiger partial charge in [-0.1, -0.05) is 0 Å². The van der Waals surface area contributed by atoms with Gasteiger partial charge in [-0.15, -0.1) is 0 Å². The topological polar surface area (TPSA) is 83.8 Å². The summed E-state index contributed by atoms with van der Waals surface area (Å²) in [6.07, 6.45) is 1.08. The summed E-state index contributed by atoms with van der Waals surface area (Å²) in [5.41, 5.74) is 0.331. The van der Waals surface area contributed by atoms with Crippen LogP contribution in [0, 0.1) is 6.92 Å². The molecule has 0 saturated heterocycles. The first kappa shape index (κ1) is 11.2. The van der Waals surface area contributed by atoms with E-state index in [9.17, 15) is 19.8 Å². The van der Waals surface area contributed by atoms with Gasteiger partial charge in [0.25, 0.3) is 0 Å². The lowest BCUT2D eigenvalue weighted by atomic mass is 9.89. The zero-order chi connectivity index (χ0) is 12.7. The first-order valence-electron chi connectivity index (χ1n) is 4.87. The van der Waals surface area contributed by atoms with Crippen LogP contribution in [0.5, 0.6) is 11.5 Å². The molecular weight excluding hydrogens is 224 g/mol. The quantitative estimate of drug-likeness (QED) is 0.716. The lowest BCUT2D eigenvalue weighted by Gasteiger charge is -2.17. The highest BCUT2D eigenvalue weighted by Crippen LogP contribution is 2.36. The molecule has 2 N–H and O–H groups in total. The van der Waals surface area contributed by atoms with E-state index < -0.39 is 17.3 Å². The van der Waals surface area contributed by atoms with E-state index in [4.69, 9.17) is 4.74 Å². The fourth-order valence-corrected chi connectivity index (χ4v) is 1.83. The number of methoxy groups -OCH3 is 1. The van der Waals surface area contributed by atoms with E-state index in [1.165, 1.54) is 14.0 Å². The van der Waals surface area contributed by atoms with Crippen molar-refractivity contribution in [2.45, 2.75) is 6.92 Å². The number of hydrogen-bond acceptors (Lipinski definition) is 5. The van der Waals surface area contributed by atoms with Crippen LogP contribution in [-0.4, -0.2) is 28.9 Å². The lowest BCUT2D eigenvalue weighted by Crippen LogP contribution is -2.19. The molecular formula is C12H10O5. The number of aromatic hydroxyl groups is 2. The number of Topliss-reactive ketones (excluding diaryl/α,β-unsaturated/α-hetero) is 1. The molecule has 0 fully saturated rings. The van der Waals surface area contributed by atoms with Gasteiger partial charge in [-0.2, -0.15) is 0 Å². The predicted octanol–water partition coefficient (Wildman–Crippen LogP) is 1.32. The Morgan fingerprint density at radius 3 is 2.47 bits per heavy atom. The maximum absolute atomic E-state index is 11.9. The zero-order valence-corrected chi connectivity index (χ0v) is 9.27. The van der Waals surface area contributed by atoms with E-state index in [0.29, 0.717) is 0 Å². The number of carbonyl (C=O) groups excluding carboxylic acids is 2. The first-order valence-corrected chi connectivity index (χ1v) is 4.87. The number of ketones is 2. The maximum Gasteiger partial charge on any atom is 0.228 e. The summed E-state index contributed by atoms with van der Waals surface area (Å²) in [5.74, 6) is -1.81. The Morgan fingerprint density at radius 1 is 1.24 bits per heavy atom. The Balaban J connectivity index is 2.76. The van der Waals surface area contributed by atoms with Gasteiger partial charge in [0, 0.05) is 22.8 Å². The van der Waals surface area contributed by atoms with Crippen LogP contribution in [-0.2, 0) is 4.74 Å². The number of fused-ring (bicyclic) bond motifs is 1. The van der Waals surface area contributed by atoms with Gasteiger partial charge >= 0.3 is 0 Å². The summed E-state index contributed by atoms with van der Waals surface area (Å²) in [6.45, 7) is 1.46. The molecule has 5 nitrogen and oxygen atoms in total. The van der Waals surface area contributed by atoms with Crippen LogP contribution in [0.2, 0.25) is 0 Å². The molecule has 0 aliphatic heterocycles. The summed E-state index contributed by atoms with van der Waals surface area (Å²) in [6, 6.07) is 1.07. The Bertz CT molecular complexity index is 569. The van der Waals surface area contributed by atoms with E-state index in [0.717, 1.165) is 12.1 Å². The minimum atomic E-state index is -0.486. The van der Waals surface area contributed by atoms with Crippen molar-refractivity contribution in [2.75, 3.05) is 7.11 Å². The van der Waals surface area contributed by atoms with Crippen molar-refractivity contribution in [3.05, 3.63) is 34.6 Å². The molecule has 1 aliphatic rings. The number of carbonyl (C=O) groups is 2. The molecule has 0 saturated carbocycles. The number of rotatable bonds is 1. The smallest absolute Gasteiger partial charge is 0.228 e. The second kappa shape index (κ2) is 3.62. The molecule has 0 amide bonds. The minimum absolute atomic E-state index is 0.0437. The number of phenolic OH excluding ortho intramolecular Hbond substituents is 2. The van der Waals surface area contributed by atoms with Crippen molar-refractivity contribution in [1.82, 2.24) is 0 Å². The number of ether oxygens (including phenoxy) is 1. The average Bonchev–Trinajstić information content (AvgIpc) is 2.30. The molecule has 0 spiro atoms. The summed E-state index contributed by atoms with van der Waals surface area (Å²) in [4.78, 5) is 23.7. The van der Waals surface area contributed by atoms with Crippen LogP contribution in [0.3, 0.4) is 0 Å². The van der Waals surface area contributed by atoms with Gasteiger partial charge in [-0.25, -0.2) is 0 Å². The summed E-state index contributed by atoms with van der Waals surface area (Å²) in [5, 5.41) is 19.0. The van der Waals surface area contributed by atoms with Crippen LogP contribution < -0.4 is 0 Å². The Kier molecular flexibility index (Phi) is 2.38. The van der Waals surface area contributed by atoms with Gasteiger partial charge < -0.3 is 14.9 Å². The summed E-state index contributed by atoms with van der Waals surface area (Å²) < 4.78 is 4.79. The molecule has 17 heavy (non-hydrogen) atoms. The van der Waals surface area contributed by atoms with Crippen molar-refractivity contribution in [3.63, 3.8) is 0 Å². The highest BCUT2D eigenvalue weighted by Gasteiger charge is 2.30. The fraction of sp³-hybridized carbons (Fsp3) is 0.167. The summed E-state index contributed by atoms with van der Waals surface area (Å²) in [7, 11) is 1.29. The van der Waals surface area contributed by atoms with Crippen molar-refractivity contribution >= 4 is 11.6 Å². The Labute approximate surface area is 97.0 Å². The number of phenols is 2. The van der Waals surface area contributed by atoms with Gasteiger partial charge in [0.1, 0.15) is 0 Å². The van der Waals surface area contributed by atoms with Crippen molar-refractivity contribution < 1.29 is 24.5 Å². The standard InChI is InChI=1S/C12H10O5/c1-5-10-6(3-8(14)11(5)15)12(16)9(17-2)4-7(10)13/h3-4,14-15H,1-2H3. The summed E-state index contributed by atoms with van der Waals surface area (Å²) >= 11 is 0. The maximum atomic E-state index is 11.9.